The summed E-state index contributed by atoms with van der Waals surface area (Å²) in [5.74, 6) is 0. The molecule has 0 atom stereocenters. The molecule has 4 heteroatoms. The fourth-order valence-corrected chi connectivity index (χ4v) is 3.98. The average Bonchev–Trinajstić information content (AvgIpc) is 2.87. The third kappa shape index (κ3) is 2.91. The van der Waals surface area contributed by atoms with Crippen molar-refractivity contribution < 1.29 is 0 Å². The predicted octanol–water partition coefficient (Wildman–Crippen LogP) is 3.18. The molecule has 130 valence electrons. The molecule has 25 heavy (non-hydrogen) atoms. The van der Waals surface area contributed by atoms with Gasteiger partial charge in [-0.25, -0.2) is 0 Å². The summed E-state index contributed by atoms with van der Waals surface area (Å²) >= 11 is 0. The number of likely N-dealkylation sites (N-methyl/N-ethyl adjacent to an activating group) is 1. The van der Waals surface area contributed by atoms with E-state index in [1.165, 1.54) is 27.7 Å². The standard InChI is InChI=1S/C21H25N3O/c1-14-4-5-19-17(10-14)18-13-23(3)8-7-20(18)24(19)9-6-16-12-22-15(2)11-21(16)25/h4-5,10-12H,6-9,13H2,1-3H3,(H,22,25). The highest BCUT2D eigenvalue weighted by molar-refractivity contribution is 5.86. The van der Waals surface area contributed by atoms with E-state index in [1.54, 1.807) is 6.07 Å². The normalized spacial score (nSPS) is 14.8. The first-order valence-electron chi connectivity index (χ1n) is 9.00. The molecule has 0 saturated heterocycles. The van der Waals surface area contributed by atoms with E-state index in [1.807, 2.05) is 13.1 Å². The van der Waals surface area contributed by atoms with E-state index in [-0.39, 0.29) is 5.43 Å². The van der Waals surface area contributed by atoms with Crippen molar-refractivity contribution in [3.63, 3.8) is 0 Å². The lowest BCUT2D eigenvalue weighted by molar-refractivity contribution is 0.309. The van der Waals surface area contributed by atoms with Crippen molar-refractivity contribution >= 4 is 10.9 Å². The highest BCUT2D eigenvalue weighted by Gasteiger charge is 2.22. The van der Waals surface area contributed by atoms with Gasteiger partial charge in [0.25, 0.3) is 0 Å². The molecule has 1 aliphatic rings. The number of aromatic nitrogens is 2. The molecule has 1 aromatic carbocycles. The fraction of sp³-hybridized carbons (Fsp3) is 0.381. The number of hydrogen-bond acceptors (Lipinski definition) is 2. The van der Waals surface area contributed by atoms with Crippen LogP contribution in [0.3, 0.4) is 0 Å². The number of hydrogen-bond donors (Lipinski definition) is 1. The fourth-order valence-electron chi connectivity index (χ4n) is 3.98. The Morgan fingerprint density at radius 2 is 2.04 bits per heavy atom. The maximum absolute atomic E-state index is 12.2. The van der Waals surface area contributed by atoms with Gasteiger partial charge in [0.05, 0.1) is 0 Å². The Morgan fingerprint density at radius 1 is 1.20 bits per heavy atom. The molecule has 0 fully saturated rings. The van der Waals surface area contributed by atoms with E-state index in [2.05, 4.69) is 46.6 Å². The lowest BCUT2D eigenvalue weighted by Crippen LogP contribution is -2.27. The topological polar surface area (TPSA) is 41.0 Å². The number of nitrogens with zero attached hydrogens (tertiary/aromatic N) is 2. The Balaban J connectivity index is 1.75. The zero-order valence-corrected chi connectivity index (χ0v) is 15.2. The van der Waals surface area contributed by atoms with Gasteiger partial charge in [0.15, 0.2) is 5.43 Å². The first-order valence-corrected chi connectivity index (χ1v) is 9.00. The van der Waals surface area contributed by atoms with Crippen LogP contribution in [-0.2, 0) is 25.9 Å². The van der Waals surface area contributed by atoms with Gasteiger partial charge in [0, 0.05) is 66.2 Å². The summed E-state index contributed by atoms with van der Waals surface area (Å²) in [4.78, 5) is 17.8. The SMILES string of the molecule is Cc1ccc2c(c1)c1c(n2CCc2c[nH]c(C)cc2=O)CCN(C)C1. The van der Waals surface area contributed by atoms with Gasteiger partial charge in [-0.1, -0.05) is 11.6 Å². The molecule has 0 aliphatic carbocycles. The first kappa shape index (κ1) is 16.2. The van der Waals surface area contributed by atoms with Crippen LogP contribution >= 0.6 is 0 Å². The quantitative estimate of drug-likeness (QED) is 0.799. The maximum Gasteiger partial charge on any atom is 0.185 e. The van der Waals surface area contributed by atoms with Crippen molar-refractivity contribution in [3.05, 3.63) is 68.8 Å². The van der Waals surface area contributed by atoms with Crippen molar-refractivity contribution in [2.24, 2.45) is 0 Å². The van der Waals surface area contributed by atoms with E-state index >= 15 is 0 Å². The van der Waals surface area contributed by atoms with Crippen molar-refractivity contribution in [3.8, 4) is 0 Å². The molecule has 0 bridgehead atoms. The highest BCUT2D eigenvalue weighted by Crippen LogP contribution is 2.31. The Hall–Kier alpha value is -2.33. The lowest BCUT2D eigenvalue weighted by Gasteiger charge is -2.24. The number of rotatable bonds is 3. The lowest BCUT2D eigenvalue weighted by atomic mass is 10.0. The molecule has 0 spiro atoms. The van der Waals surface area contributed by atoms with Crippen molar-refractivity contribution in [1.82, 2.24) is 14.5 Å². The van der Waals surface area contributed by atoms with Crippen molar-refractivity contribution in [2.75, 3.05) is 13.6 Å². The number of fused-ring (bicyclic) bond motifs is 3. The van der Waals surface area contributed by atoms with Crippen LogP contribution in [0.5, 0.6) is 0 Å². The van der Waals surface area contributed by atoms with Crippen LogP contribution in [-0.4, -0.2) is 28.0 Å². The van der Waals surface area contributed by atoms with Crippen LogP contribution in [0.4, 0.5) is 0 Å². The zero-order chi connectivity index (χ0) is 17.6. The third-order valence-electron chi connectivity index (χ3n) is 5.34. The monoisotopic (exact) mass is 335 g/mol. The van der Waals surface area contributed by atoms with E-state index < -0.39 is 0 Å². The molecule has 0 saturated carbocycles. The summed E-state index contributed by atoms with van der Waals surface area (Å²) in [5, 5.41) is 1.37. The molecule has 0 radical (unpaired) electrons. The van der Waals surface area contributed by atoms with Crippen molar-refractivity contribution in [2.45, 2.75) is 39.8 Å². The van der Waals surface area contributed by atoms with Gasteiger partial charge in [-0.15, -0.1) is 0 Å². The van der Waals surface area contributed by atoms with Crippen LogP contribution in [0.15, 0.2) is 35.3 Å². The number of pyridine rings is 1. The van der Waals surface area contributed by atoms with Gasteiger partial charge < -0.3 is 14.5 Å². The minimum Gasteiger partial charge on any atom is -0.365 e. The smallest absolute Gasteiger partial charge is 0.185 e. The van der Waals surface area contributed by atoms with Gasteiger partial charge in [-0.05, 0) is 45.0 Å². The Kier molecular flexibility index (Phi) is 4.00. The Morgan fingerprint density at radius 3 is 2.84 bits per heavy atom. The van der Waals surface area contributed by atoms with Gasteiger partial charge in [-0.3, -0.25) is 4.79 Å². The molecule has 0 unspecified atom stereocenters. The molecule has 2 aromatic heterocycles. The molecule has 3 aromatic rings. The molecular weight excluding hydrogens is 310 g/mol. The molecule has 4 nitrogen and oxygen atoms in total. The predicted molar refractivity (Wildman–Crippen MR) is 102 cm³/mol. The van der Waals surface area contributed by atoms with E-state index in [0.29, 0.717) is 0 Å². The number of benzene rings is 1. The van der Waals surface area contributed by atoms with Gasteiger partial charge >= 0.3 is 0 Å². The van der Waals surface area contributed by atoms with Gasteiger partial charge in [0.2, 0.25) is 0 Å². The van der Waals surface area contributed by atoms with Crippen LogP contribution < -0.4 is 5.43 Å². The minimum absolute atomic E-state index is 0.136. The molecule has 1 N–H and O–H groups in total. The van der Waals surface area contributed by atoms with E-state index in [0.717, 1.165) is 43.7 Å². The summed E-state index contributed by atoms with van der Waals surface area (Å²) in [6, 6.07) is 8.43. The van der Waals surface area contributed by atoms with Crippen LogP contribution in [0.2, 0.25) is 0 Å². The maximum atomic E-state index is 12.2. The number of aryl methyl sites for hydroxylation is 4. The second-order valence-corrected chi connectivity index (χ2v) is 7.34. The average molecular weight is 335 g/mol. The zero-order valence-electron chi connectivity index (χ0n) is 15.2. The second-order valence-electron chi connectivity index (χ2n) is 7.34. The Bertz CT molecular complexity index is 996. The van der Waals surface area contributed by atoms with E-state index in [4.69, 9.17) is 0 Å². The summed E-state index contributed by atoms with van der Waals surface area (Å²) in [7, 11) is 2.19. The molecule has 0 amide bonds. The summed E-state index contributed by atoms with van der Waals surface area (Å²) in [6.07, 6.45) is 3.70. The summed E-state index contributed by atoms with van der Waals surface area (Å²) in [5.41, 5.74) is 7.42. The molecule has 3 heterocycles. The van der Waals surface area contributed by atoms with E-state index in [9.17, 15) is 4.79 Å². The molecular formula is C21H25N3O. The van der Waals surface area contributed by atoms with Crippen molar-refractivity contribution in [1.29, 1.82) is 0 Å². The highest BCUT2D eigenvalue weighted by atomic mass is 16.1. The van der Waals surface area contributed by atoms with Gasteiger partial charge in [-0.2, -0.15) is 0 Å². The first-order chi connectivity index (χ1) is 12.0. The van der Waals surface area contributed by atoms with Crippen LogP contribution in [0.1, 0.15) is 28.1 Å². The van der Waals surface area contributed by atoms with Gasteiger partial charge in [0.1, 0.15) is 0 Å². The summed E-state index contributed by atoms with van der Waals surface area (Å²) < 4.78 is 2.44. The molecule has 4 rings (SSSR count). The Labute approximate surface area is 148 Å². The third-order valence-corrected chi connectivity index (χ3v) is 5.34. The number of nitrogens with one attached hydrogen (secondary N) is 1. The van der Waals surface area contributed by atoms with Crippen LogP contribution in [0, 0.1) is 13.8 Å². The van der Waals surface area contributed by atoms with Crippen LogP contribution in [0.25, 0.3) is 10.9 Å². The number of aromatic amines is 1. The molecule has 1 aliphatic heterocycles. The largest absolute Gasteiger partial charge is 0.365 e. The summed E-state index contributed by atoms with van der Waals surface area (Å²) in [6.45, 7) is 7.02. The minimum atomic E-state index is 0.136. The second kappa shape index (κ2) is 6.19. The number of H-pyrrole nitrogens is 1.